The minimum atomic E-state index is -0.454. The molecule has 0 aliphatic carbocycles. The summed E-state index contributed by atoms with van der Waals surface area (Å²) >= 11 is 0. The van der Waals surface area contributed by atoms with Crippen LogP contribution in [0.15, 0.2) is 21.7 Å². The SMILES string of the molecule is CNCCC1CCN(C(=O)c2ccc3c(=O)n(C)c(=O)n(C)c3n2)CC1.Cl.Cl. The first-order valence-electron chi connectivity index (χ1n) is 8.94. The zero-order valence-electron chi connectivity index (χ0n) is 16.3. The van der Waals surface area contributed by atoms with Crippen molar-refractivity contribution in [2.24, 2.45) is 20.0 Å². The highest BCUT2D eigenvalue weighted by atomic mass is 35.5. The van der Waals surface area contributed by atoms with Crippen molar-refractivity contribution in [3.8, 4) is 0 Å². The Hall–Kier alpha value is -1.90. The van der Waals surface area contributed by atoms with Gasteiger partial charge in [-0.05, 0) is 50.9 Å². The van der Waals surface area contributed by atoms with Crippen LogP contribution in [0.4, 0.5) is 0 Å². The Morgan fingerprint density at radius 2 is 1.79 bits per heavy atom. The van der Waals surface area contributed by atoms with E-state index in [-0.39, 0.29) is 42.1 Å². The Balaban J connectivity index is 0.00000196. The molecule has 2 aromatic rings. The van der Waals surface area contributed by atoms with E-state index in [0.29, 0.717) is 24.4 Å². The van der Waals surface area contributed by atoms with Crippen molar-refractivity contribution in [2.45, 2.75) is 19.3 Å². The van der Waals surface area contributed by atoms with E-state index in [1.54, 1.807) is 19.2 Å². The van der Waals surface area contributed by atoms with Crippen LogP contribution in [-0.2, 0) is 14.1 Å². The zero-order valence-corrected chi connectivity index (χ0v) is 17.9. The molecule has 0 spiro atoms. The van der Waals surface area contributed by atoms with Gasteiger partial charge >= 0.3 is 5.69 Å². The number of amides is 1. The van der Waals surface area contributed by atoms with Crippen molar-refractivity contribution < 1.29 is 4.79 Å². The molecule has 28 heavy (non-hydrogen) atoms. The summed E-state index contributed by atoms with van der Waals surface area (Å²) in [7, 11) is 4.94. The highest BCUT2D eigenvalue weighted by Crippen LogP contribution is 2.21. The summed E-state index contributed by atoms with van der Waals surface area (Å²) in [5, 5.41) is 3.49. The summed E-state index contributed by atoms with van der Waals surface area (Å²) in [4.78, 5) is 43.2. The standard InChI is InChI=1S/C18H25N5O3.2ClH/c1-19-9-6-12-7-10-23(11-8-12)17(25)14-5-4-13-15(20-14)21(2)18(26)22(3)16(13)24;;/h4-5,12,19H,6-11H2,1-3H3;2*1H. The molecule has 1 fully saturated rings. The molecule has 0 aromatic carbocycles. The second kappa shape index (κ2) is 10.0. The number of halogens is 2. The van der Waals surface area contributed by atoms with Gasteiger partial charge in [0.2, 0.25) is 0 Å². The second-order valence-corrected chi connectivity index (χ2v) is 6.90. The molecule has 10 heteroatoms. The van der Waals surface area contributed by atoms with Crippen LogP contribution >= 0.6 is 24.8 Å². The normalized spacial score (nSPS) is 14.5. The monoisotopic (exact) mass is 431 g/mol. The quantitative estimate of drug-likeness (QED) is 0.777. The molecule has 3 rings (SSSR count). The predicted octanol–water partition coefficient (Wildman–Crippen LogP) is 0.937. The number of pyridine rings is 1. The number of aromatic nitrogens is 3. The van der Waals surface area contributed by atoms with Gasteiger partial charge in [0, 0.05) is 27.2 Å². The average molecular weight is 432 g/mol. The van der Waals surface area contributed by atoms with Crippen molar-refractivity contribution in [2.75, 3.05) is 26.7 Å². The summed E-state index contributed by atoms with van der Waals surface area (Å²) in [6.07, 6.45) is 3.10. The lowest BCUT2D eigenvalue weighted by atomic mass is 9.93. The highest BCUT2D eigenvalue weighted by Gasteiger charge is 2.24. The Morgan fingerprint density at radius 3 is 2.39 bits per heavy atom. The number of hydrogen-bond donors (Lipinski definition) is 1. The van der Waals surface area contributed by atoms with Gasteiger partial charge in [-0.15, -0.1) is 24.8 Å². The van der Waals surface area contributed by atoms with E-state index in [9.17, 15) is 14.4 Å². The van der Waals surface area contributed by atoms with Crippen LogP contribution < -0.4 is 16.6 Å². The number of fused-ring (bicyclic) bond motifs is 1. The van der Waals surface area contributed by atoms with E-state index >= 15 is 0 Å². The third-order valence-electron chi connectivity index (χ3n) is 5.23. The number of carbonyl (C=O) groups excluding carboxylic acids is 1. The fraction of sp³-hybridized carbons (Fsp3) is 0.556. The van der Waals surface area contributed by atoms with Crippen LogP contribution in [0.2, 0.25) is 0 Å². The molecule has 0 radical (unpaired) electrons. The maximum Gasteiger partial charge on any atom is 0.332 e. The Bertz CT molecular complexity index is 949. The lowest BCUT2D eigenvalue weighted by Gasteiger charge is -2.31. The van der Waals surface area contributed by atoms with Crippen molar-refractivity contribution in [3.63, 3.8) is 0 Å². The molecule has 0 unspecified atom stereocenters. The van der Waals surface area contributed by atoms with Gasteiger partial charge < -0.3 is 10.2 Å². The molecule has 0 atom stereocenters. The summed E-state index contributed by atoms with van der Waals surface area (Å²) in [5.41, 5.74) is -0.341. The van der Waals surface area contributed by atoms with Crippen LogP contribution in [0.1, 0.15) is 29.8 Å². The topological polar surface area (TPSA) is 89.2 Å². The third-order valence-corrected chi connectivity index (χ3v) is 5.23. The number of carbonyl (C=O) groups is 1. The number of rotatable bonds is 4. The van der Waals surface area contributed by atoms with E-state index in [4.69, 9.17) is 0 Å². The van der Waals surface area contributed by atoms with E-state index < -0.39 is 11.2 Å². The van der Waals surface area contributed by atoms with Gasteiger partial charge in [0.15, 0.2) is 0 Å². The van der Waals surface area contributed by atoms with Gasteiger partial charge in [0.05, 0.1) is 5.39 Å². The first kappa shape index (κ1) is 24.1. The van der Waals surface area contributed by atoms with E-state index in [0.717, 1.165) is 30.4 Å². The number of nitrogens with one attached hydrogen (secondary N) is 1. The molecule has 0 bridgehead atoms. The molecule has 2 aromatic heterocycles. The summed E-state index contributed by atoms with van der Waals surface area (Å²) in [6, 6.07) is 3.15. The molecule has 1 aliphatic rings. The highest BCUT2D eigenvalue weighted by molar-refractivity contribution is 5.94. The smallest absolute Gasteiger partial charge is 0.332 e. The van der Waals surface area contributed by atoms with Gasteiger partial charge in [0.25, 0.3) is 11.5 Å². The van der Waals surface area contributed by atoms with Crippen LogP contribution in [0.25, 0.3) is 11.0 Å². The van der Waals surface area contributed by atoms with Crippen molar-refractivity contribution >= 4 is 41.8 Å². The lowest BCUT2D eigenvalue weighted by molar-refractivity contribution is 0.0681. The third kappa shape index (κ3) is 4.56. The first-order chi connectivity index (χ1) is 12.4. The largest absolute Gasteiger partial charge is 0.337 e. The van der Waals surface area contributed by atoms with Gasteiger partial charge in [0.1, 0.15) is 11.3 Å². The molecule has 1 amide bonds. The van der Waals surface area contributed by atoms with Crippen LogP contribution in [0.5, 0.6) is 0 Å². The molecule has 3 heterocycles. The fourth-order valence-corrected chi connectivity index (χ4v) is 3.51. The van der Waals surface area contributed by atoms with Gasteiger partial charge in [-0.1, -0.05) is 0 Å². The summed E-state index contributed by atoms with van der Waals surface area (Å²) < 4.78 is 2.35. The van der Waals surface area contributed by atoms with Gasteiger partial charge in [-0.25, -0.2) is 9.78 Å². The number of likely N-dealkylation sites (tertiary alicyclic amines) is 1. The molecule has 1 N–H and O–H groups in total. The van der Waals surface area contributed by atoms with Crippen molar-refractivity contribution in [1.82, 2.24) is 24.3 Å². The molecular weight excluding hydrogens is 405 g/mol. The average Bonchev–Trinajstić information content (AvgIpc) is 2.68. The molecule has 0 saturated carbocycles. The van der Waals surface area contributed by atoms with E-state index in [2.05, 4.69) is 10.3 Å². The lowest BCUT2D eigenvalue weighted by Crippen LogP contribution is -2.40. The van der Waals surface area contributed by atoms with Crippen LogP contribution in [0, 0.1) is 5.92 Å². The maximum atomic E-state index is 12.8. The Morgan fingerprint density at radius 1 is 1.14 bits per heavy atom. The van der Waals surface area contributed by atoms with Crippen molar-refractivity contribution in [1.29, 1.82) is 0 Å². The predicted molar refractivity (Wildman–Crippen MR) is 114 cm³/mol. The Labute approximate surface area is 175 Å². The summed E-state index contributed by atoms with van der Waals surface area (Å²) in [6.45, 7) is 2.42. The second-order valence-electron chi connectivity index (χ2n) is 6.90. The Kier molecular flexibility index (Phi) is 8.66. The number of piperidine rings is 1. The molecule has 8 nitrogen and oxygen atoms in total. The number of hydrogen-bond acceptors (Lipinski definition) is 5. The minimum Gasteiger partial charge on any atom is -0.337 e. The molecular formula is C18H27Cl2N5O3. The first-order valence-corrected chi connectivity index (χ1v) is 8.94. The van der Waals surface area contributed by atoms with E-state index in [1.165, 1.54) is 11.6 Å². The minimum absolute atomic E-state index is 0. The maximum absolute atomic E-state index is 12.8. The van der Waals surface area contributed by atoms with Crippen molar-refractivity contribution in [3.05, 3.63) is 38.7 Å². The van der Waals surface area contributed by atoms with Gasteiger partial charge in [-0.2, -0.15) is 0 Å². The van der Waals surface area contributed by atoms with Crippen LogP contribution in [-0.4, -0.2) is 51.6 Å². The molecule has 1 saturated heterocycles. The zero-order chi connectivity index (χ0) is 18.8. The van der Waals surface area contributed by atoms with Crippen LogP contribution in [0.3, 0.4) is 0 Å². The molecule has 156 valence electrons. The molecule has 1 aliphatic heterocycles. The number of aryl methyl sites for hydroxylation is 1. The number of nitrogens with zero attached hydrogens (tertiary/aromatic N) is 4. The van der Waals surface area contributed by atoms with E-state index in [1.807, 2.05) is 11.9 Å². The fourth-order valence-electron chi connectivity index (χ4n) is 3.51. The van der Waals surface area contributed by atoms with Gasteiger partial charge in [-0.3, -0.25) is 18.7 Å². The summed E-state index contributed by atoms with van der Waals surface area (Å²) in [5.74, 6) is 0.493.